The predicted octanol–water partition coefficient (Wildman–Crippen LogP) is 1.54. The SMILES string of the molecule is CN(C)S(=O)(=O)NCc1cccnc1N1CCc2ccccc2C1. The van der Waals surface area contributed by atoms with E-state index in [1.807, 2.05) is 18.2 Å². The fourth-order valence-corrected chi connectivity index (χ4v) is 3.42. The molecule has 0 amide bonds. The van der Waals surface area contributed by atoms with E-state index in [0.29, 0.717) is 0 Å². The number of hydrogen-bond donors (Lipinski definition) is 1. The Balaban J connectivity index is 1.80. The molecule has 0 unspecified atom stereocenters. The lowest BCUT2D eigenvalue weighted by Gasteiger charge is -2.31. The lowest BCUT2D eigenvalue weighted by atomic mass is 9.99. The number of benzene rings is 1. The van der Waals surface area contributed by atoms with E-state index in [1.54, 1.807) is 6.20 Å². The topological polar surface area (TPSA) is 65.5 Å². The third-order valence-corrected chi connectivity index (χ3v) is 5.69. The molecule has 1 aliphatic rings. The first-order valence-corrected chi connectivity index (χ1v) is 9.34. The van der Waals surface area contributed by atoms with Gasteiger partial charge in [-0.3, -0.25) is 0 Å². The van der Waals surface area contributed by atoms with Gasteiger partial charge in [-0.2, -0.15) is 17.4 Å². The maximum Gasteiger partial charge on any atom is 0.279 e. The molecule has 128 valence electrons. The summed E-state index contributed by atoms with van der Waals surface area (Å²) in [7, 11) is -0.440. The summed E-state index contributed by atoms with van der Waals surface area (Å²) in [4.78, 5) is 6.71. The number of nitrogens with zero attached hydrogens (tertiary/aromatic N) is 3. The standard InChI is InChI=1S/C17H22N4O2S/c1-20(2)24(22,23)19-12-15-8-5-10-18-17(15)21-11-9-14-6-3-4-7-16(14)13-21/h3-8,10,19H,9,11-13H2,1-2H3. The van der Waals surface area contributed by atoms with Crippen molar-refractivity contribution in [1.29, 1.82) is 0 Å². The second-order valence-corrected chi connectivity index (χ2v) is 8.00. The van der Waals surface area contributed by atoms with E-state index in [0.717, 1.165) is 30.9 Å². The normalized spacial score (nSPS) is 14.7. The van der Waals surface area contributed by atoms with Crippen molar-refractivity contribution >= 4 is 16.0 Å². The monoisotopic (exact) mass is 346 g/mol. The number of pyridine rings is 1. The van der Waals surface area contributed by atoms with E-state index in [9.17, 15) is 8.42 Å². The molecule has 0 spiro atoms. The number of fused-ring (bicyclic) bond motifs is 1. The third kappa shape index (κ3) is 3.58. The van der Waals surface area contributed by atoms with Crippen molar-refractivity contribution in [2.45, 2.75) is 19.5 Å². The number of hydrogen-bond acceptors (Lipinski definition) is 4. The third-order valence-electron chi connectivity index (χ3n) is 4.22. The Bertz CT molecular complexity index is 821. The van der Waals surface area contributed by atoms with Crippen LogP contribution in [0.4, 0.5) is 5.82 Å². The first-order chi connectivity index (χ1) is 11.5. The van der Waals surface area contributed by atoms with Crippen LogP contribution in [0.2, 0.25) is 0 Å². The Morgan fingerprint density at radius 1 is 1.17 bits per heavy atom. The van der Waals surface area contributed by atoms with E-state index in [-0.39, 0.29) is 6.54 Å². The van der Waals surface area contributed by atoms with Crippen LogP contribution in [0.15, 0.2) is 42.6 Å². The molecule has 3 rings (SSSR count). The Morgan fingerprint density at radius 2 is 1.92 bits per heavy atom. The van der Waals surface area contributed by atoms with Crippen LogP contribution in [0.1, 0.15) is 16.7 Å². The second kappa shape index (κ2) is 6.88. The Morgan fingerprint density at radius 3 is 2.67 bits per heavy atom. The smallest absolute Gasteiger partial charge is 0.279 e. The summed E-state index contributed by atoms with van der Waals surface area (Å²) in [6.07, 6.45) is 2.72. The van der Waals surface area contributed by atoms with Gasteiger partial charge in [0.25, 0.3) is 10.2 Å². The van der Waals surface area contributed by atoms with Crippen molar-refractivity contribution in [3.63, 3.8) is 0 Å². The molecule has 1 aromatic carbocycles. The largest absolute Gasteiger partial charge is 0.352 e. The molecule has 0 saturated heterocycles. The van der Waals surface area contributed by atoms with Gasteiger partial charge in [-0.1, -0.05) is 30.3 Å². The minimum atomic E-state index is -3.46. The molecule has 1 aromatic heterocycles. The summed E-state index contributed by atoms with van der Waals surface area (Å²) in [6, 6.07) is 12.2. The Hall–Kier alpha value is -1.96. The minimum absolute atomic E-state index is 0.224. The fourth-order valence-electron chi connectivity index (χ4n) is 2.83. The molecule has 0 radical (unpaired) electrons. The zero-order chi connectivity index (χ0) is 17.2. The highest BCUT2D eigenvalue weighted by atomic mass is 32.2. The van der Waals surface area contributed by atoms with Crippen LogP contribution in [0.3, 0.4) is 0 Å². The van der Waals surface area contributed by atoms with E-state index in [2.05, 4.69) is 32.8 Å². The van der Waals surface area contributed by atoms with Crippen molar-refractivity contribution in [2.75, 3.05) is 25.5 Å². The van der Waals surface area contributed by atoms with Crippen molar-refractivity contribution < 1.29 is 8.42 Å². The summed E-state index contributed by atoms with van der Waals surface area (Å²) in [5.74, 6) is 0.841. The van der Waals surface area contributed by atoms with Crippen molar-refractivity contribution in [3.8, 4) is 0 Å². The lowest BCUT2D eigenvalue weighted by Crippen LogP contribution is -2.36. The van der Waals surface area contributed by atoms with Gasteiger partial charge < -0.3 is 4.90 Å². The van der Waals surface area contributed by atoms with Crippen molar-refractivity contribution in [1.82, 2.24) is 14.0 Å². The predicted molar refractivity (Wildman–Crippen MR) is 94.9 cm³/mol. The van der Waals surface area contributed by atoms with Crippen LogP contribution in [0.5, 0.6) is 0 Å². The molecular formula is C17H22N4O2S. The molecule has 0 atom stereocenters. The molecule has 7 heteroatoms. The first kappa shape index (κ1) is 16.9. The van der Waals surface area contributed by atoms with Crippen LogP contribution < -0.4 is 9.62 Å². The van der Waals surface area contributed by atoms with Gasteiger partial charge in [-0.25, -0.2) is 4.98 Å². The molecule has 24 heavy (non-hydrogen) atoms. The van der Waals surface area contributed by atoms with E-state index in [1.165, 1.54) is 29.5 Å². The molecule has 0 bridgehead atoms. The number of anilines is 1. The van der Waals surface area contributed by atoms with Gasteiger partial charge in [0.1, 0.15) is 5.82 Å². The van der Waals surface area contributed by atoms with Crippen LogP contribution >= 0.6 is 0 Å². The van der Waals surface area contributed by atoms with Gasteiger partial charge in [0.15, 0.2) is 0 Å². The summed E-state index contributed by atoms with van der Waals surface area (Å²) in [5.41, 5.74) is 3.55. The van der Waals surface area contributed by atoms with Gasteiger partial charge >= 0.3 is 0 Å². The molecule has 6 nitrogen and oxygen atoms in total. The van der Waals surface area contributed by atoms with Crippen LogP contribution in [-0.2, 0) is 29.7 Å². The highest BCUT2D eigenvalue weighted by Crippen LogP contribution is 2.25. The molecule has 2 aromatic rings. The second-order valence-electron chi connectivity index (χ2n) is 6.03. The van der Waals surface area contributed by atoms with Gasteiger partial charge in [0, 0.05) is 45.5 Å². The van der Waals surface area contributed by atoms with E-state index < -0.39 is 10.2 Å². The first-order valence-electron chi connectivity index (χ1n) is 7.90. The van der Waals surface area contributed by atoms with Gasteiger partial charge in [-0.15, -0.1) is 0 Å². The maximum atomic E-state index is 11.9. The van der Waals surface area contributed by atoms with E-state index in [4.69, 9.17) is 0 Å². The molecule has 1 N–H and O–H groups in total. The molecule has 0 saturated carbocycles. The van der Waals surface area contributed by atoms with Gasteiger partial charge in [0.2, 0.25) is 0 Å². The molecule has 1 aliphatic heterocycles. The lowest BCUT2D eigenvalue weighted by molar-refractivity contribution is 0.505. The zero-order valence-corrected chi connectivity index (χ0v) is 14.8. The van der Waals surface area contributed by atoms with E-state index >= 15 is 0 Å². The average molecular weight is 346 g/mol. The fraction of sp³-hybridized carbons (Fsp3) is 0.353. The summed E-state index contributed by atoms with van der Waals surface area (Å²) in [6.45, 7) is 1.89. The molecular weight excluding hydrogens is 324 g/mol. The average Bonchev–Trinajstić information content (AvgIpc) is 2.60. The van der Waals surface area contributed by atoms with Crippen molar-refractivity contribution in [3.05, 3.63) is 59.3 Å². The molecule has 2 heterocycles. The number of rotatable bonds is 5. The summed E-state index contributed by atoms with van der Waals surface area (Å²) >= 11 is 0. The highest BCUT2D eigenvalue weighted by molar-refractivity contribution is 7.87. The summed E-state index contributed by atoms with van der Waals surface area (Å²) in [5, 5.41) is 0. The quantitative estimate of drug-likeness (QED) is 0.892. The van der Waals surface area contributed by atoms with Crippen LogP contribution in [0.25, 0.3) is 0 Å². The molecule has 0 fully saturated rings. The zero-order valence-electron chi connectivity index (χ0n) is 13.9. The number of aromatic nitrogens is 1. The number of nitrogens with one attached hydrogen (secondary N) is 1. The van der Waals surface area contributed by atoms with Crippen LogP contribution in [-0.4, -0.2) is 38.3 Å². The van der Waals surface area contributed by atoms with Gasteiger partial charge in [0.05, 0.1) is 0 Å². The molecule has 0 aliphatic carbocycles. The van der Waals surface area contributed by atoms with Crippen molar-refractivity contribution in [2.24, 2.45) is 0 Å². The van der Waals surface area contributed by atoms with Gasteiger partial charge in [-0.05, 0) is 23.6 Å². The Kier molecular flexibility index (Phi) is 4.84. The summed E-state index contributed by atoms with van der Waals surface area (Å²) < 4.78 is 27.6. The highest BCUT2D eigenvalue weighted by Gasteiger charge is 2.20. The minimum Gasteiger partial charge on any atom is -0.352 e. The Labute approximate surface area is 143 Å². The maximum absolute atomic E-state index is 11.9. The van der Waals surface area contributed by atoms with Crippen LogP contribution in [0, 0.1) is 0 Å².